The number of ether oxygens (including phenoxy) is 1. The normalized spacial score (nSPS) is 10.9. The van der Waals surface area contributed by atoms with Gasteiger partial charge in [-0.1, -0.05) is 26.0 Å². The number of nitrogens with zero attached hydrogens (tertiary/aromatic N) is 2. The summed E-state index contributed by atoms with van der Waals surface area (Å²) in [4.78, 5) is 12.2. The van der Waals surface area contributed by atoms with Gasteiger partial charge in [-0.3, -0.25) is 4.79 Å². The Morgan fingerprint density at radius 2 is 1.61 bits per heavy atom. The maximum Gasteiger partial charge on any atom is 0.263 e. The van der Waals surface area contributed by atoms with Gasteiger partial charge in [0.15, 0.2) is 18.1 Å². The average molecular weight is 441 g/mol. The fourth-order valence-electron chi connectivity index (χ4n) is 2.84. The largest absolute Gasteiger partial charge is 0.477 e. The van der Waals surface area contributed by atoms with Crippen molar-refractivity contribution in [3.8, 4) is 17.0 Å². The predicted molar refractivity (Wildman–Crippen MR) is 98.8 cm³/mol. The molecule has 0 saturated carbocycles. The molecule has 0 aliphatic heterocycles. The van der Waals surface area contributed by atoms with E-state index in [0.29, 0.717) is 12.0 Å². The predicted octanol–water partition coefficient (Wildman–Crippen LogP) is 4.57. The molecule has 1 N–H and O–H groups in total. The number of aromatic nitrogens is 2. The number of rotatable bonds is 7. The van der Waals surface area contributed by atoms with Crippen LogP contribution in [0.15, 0.2) is 22.8 Å². The van der Waals surface area contributed by atoms with Crippen LogP contribution in [0.1, 0.15) is 25.0 Å². The topological polar surface area (TPSA) is 77.3 Å². The van der Waals surface area contributed by atoms with Gasteiger partial charge in [0, 0.05) is 5.56 Å². The minimum Gasteiger partial charge on any atom is -0.477 e. The summed E-state index contributed by atoms with van der Waals surface area (Å²) in [6, 6.07) is 5.71. The standard InChI is InChI=1S/C20H16F5N3O3/c1-3-9-5-6-10(4-2)11(7-9)18-20(28-31-27-18)26-12(29)8-30-19-16(24)14(22)13(21)15(23)17(19)25/h5-7H,3-4,8H2,1-2H3,(H,26,28,29). The quantitative estimate of drug-likeness (QED) is 0.330. The van der Waals surface area contributed by atoms with Crippen molar-refractivity contribution in [3.63, 3.8) is 0 Å². The molecule has 1 aromatic heterocycles. The second-order valence-electron chi connectivity index (χ2n) is 6.40. The maximum atomic E-state index is 13.7. The molecule has 0 spiro atoms. The molecule has 1 heterocycles. The Bertz CT molecular complexity index is 1100. The van der Waals surface area contributed by atoms with Gasteiger partial charge < -0.3 is 10.1 Å². The van der Waals surface area contributed by atoms with Gasteiger partial charge in [0.2, 0.25) is 34.9 Å². The lowest BCUT2D eigenvalue weighted by Crippen LogP contribution is -2.22. The molecule has 1 amide bonds. The summed E-state index contributed by atoms with van der Waals surface area (Å²) in [5.41, 5.74) is 2.79. The molecule has 0 radical (unpaired) electrons. The zero-order valence-corrected chi connectivity index (χ0v) is 16.4. The monoisotopic (exact) mass is 441 g/mol. The molecule has 0 aliphatic rings. The van der Waals surface area contributed by atoms with E-state index in [-0.39, 0.29) is 11.5 Å². The lowest BCUT2D eigenvalue weighted by atomic mass is 9.98. The number of hydrogen-bond acceptors (Lipinski definition) is 5. The van der Waals surface area contributed by atoms with Gasteiger partial charge in [-0.15, -0.1) is 0 Å². The molecule has 0 unspecified atom stereocenters. The molecule has 0 atom stereocenters. The van der Waals surface area contributed by atoms with Gasteiger partial charge in [-0.25, -0.2) is 17.8 Å². The molecule has 3 aromatic rings. The van der Waals surface area contributed by atoms with Crippen LogP contribution in [0.4, 0.5) is 27.8 Å². The zero-order valence-electron chi connectivity index (χ0n) is 16.4. The van der Waals surface area contributed by atoms with Gasteiger partial charge in [-0.2, -0.15) is 8.78 Å². The fourth-order valence-corrected chi connectivity index (χ4v) is 2.84. The Labute approximate surface area is 173 Å². The number of hydrogen-bond donors (Lipinski definition) is 1. The van der Waals surface area contributed by atoms with Gasteiger partial charge in [0.05, 0.1) is 0 Å². The van der Waals surface area contributed by atoms with E-state index in [4.69, 9.17) is 4.63 Å². The first-order chi connectivity index (χ1) is 14.8. The van der Waals surface area contributed by atoms with Gasteiger partial charge in [0.25, 0.3) is 5.91 Å². The Morgan fingerprint density at radius 1 is 0.968 bits per heavy atom. The van der Waals surface area contributed by atoms with E-state index in [1.165, 1.54) is 0 Å². The molecule has 0 fully saturated rings. The van der Waals surface area contributed by atoms with E-state index in [1.54, 1.807) is 0 Å². The summed E-state index contributed by atoms with van der Waals surface area (Å²) in [6.45, 7) is 2.83. The number of amides is 1. The summed E-state index contributed by atoms with van der Waals surface area (Å²) >= 11 is 0. The van der Waals surface area contributed by atoms with Crippen molar-refractivity contribution >= 4 is 11.7 Å². The Hall–Kier alpha value is -3.50. The number of benzene rings is 2. The smallest absolute Gasteiger partial charge is 0.263 e. The highest BCUT2D eigenvalue weighted by Crippen LogP contribution is 2.31. The summed E-state index contributed by atoms with van der Waals surface area (Å²) in [6.07, 6.45) is 1.41. The van der Waals surface area contributed by atoms with Crippen molar-refractivity contribution in [2.75, 3.05) is 11.9 Å². The Morgan fingerprint density at radius 3 is 2.23 bits per heavy atom. The average Bonchev–Trinajstić information content (AvgIpc) is 3.23. The molecule has 0 saturated heterocycles. The summed E-state index contributed by atoms with van der Waals surface area (Å²) in [5.74, 6) is -13.7. The minimum absolute atomic E-state index is 0.0889. The van der Waals surface area contributed by atoms with Crippen LogP contribution in [0.25, 0.3) is 11.3 Å². The van der Waals surface area contributed by atoms with Gasteiger partial charge in [0.1, 0.15) is 0 Å². The third-order valence-corrected chi connectivity index (χ3v) is 4.48. The van der Waals surface area contributed by atoms with Crippen LogP contribution in [-0.2, 0) is 17.6 Å². The molecule has 2 aromatic carbocycles. The van der Waals surface area contributed by atoms with Crippen molar-refractivity contribution in [2.24, 2.45) is 0 Å². The van der Waals surface area contributed by atoms with Crippen LogP contribution in [0, 0.1) is 29.1 Å². The highest BCUT2D eigenvalue weighted by molar-refractivity contribution is 5.94. The van der Waals surface area contributed by atoms with E-state index in [2.05, 4.69) is 20.4 Å². The number of carbonyl (C=O) groups excluding carboxylic acids is 1. The van der Waals surface area contributed by atoms with Gasteiger partial charge >= 0.3 is 0 Å². The lowest BCUT2D eigenvalue weighted by Gasteiger charge is -2.11. The fraction of sp³-hybridized carbons (Fsp3) is 0.250. The zero-order chi connectivity index (χ0) is 22.7. The SMILES string of the molecule is CCc1ccc(CC)c(-c2nonc2NC(=O)COc2c(F)c(F)c(F)c(F)c2F)c1. The van der Waals surface area contributed by atoms with E-state index in [9.17, 15) is 26.7 Å². The van der Waals surface area contributed by atoms with E-state index in [0.717, 1.165) is 17.5 Å². The molecule has 31 heavy (non-hydrogen) atoms. The van der Waals surface area contributed by atoms with E-state index in [1.807, 2.05) is 32.0 Å². The number of nitrogens with one attached hydrogen (secondary N) is 1. The first kappa shape index (κ1) is 22.2. The molecule has 3 rings (SSSR count). The van der Waals surface area contributed by atoms with Crippen LogP contribution < -0.4 is 10.1 Å². The van der Waals surface area contributed by atoms with Crippen molar-refractivity contribution in [3.05, 3.63) is 58.4 Å². The third kappa shape index (κ3) is 4.35. The number of halogens is 5. The van der Waals surface area contributed by atoms with Crippen molar-refractivity contribution in [1.29, 1.82) is 0 Å². The highest BCUT2D eigenvalue weighted by Gasteiger charge is 2.27. The van der Waals surface area contributed by atoms with Crippen molar-refractivity contribution in [2.45, 2.75) is 26.7 Å². The summed E-state index contributed by atoms with van der Waals surface area (Å²) < 4.78 is 76.1. The van der Waals surface area contributed by atoms with Gasteiger partial charge in [-0.05, 0) is 40.3 Å². The van der Waals surface area contributed by atoms with E-state index >= 15 is 0 Å². The van der Waals surface area contributed by atoms with Crippen molar-refractivity contribution < 1.29 is 36.1 Å². The summed E-state index contributed by atoms with van der Waals surface area (Å²) in [7, 11) is 0. The summed E-state index contributed by atoms with van der Waals surface area (Å²) in [5, 5.41) is 9.69. The van der Waals surface area contributed by atoms with Crippen LogP contribution in [0.2, 0.25) is 0 Å². The molecule has 164 valence electrons. The number of aryl methyl sites for hydroxylation is 2. The lowest BCUT2D eigenvalue weighted by molar-refractivity contribution is -0.118. The molecule has 0 aliphatic carbocycles. The van der Waals surface area contributed by atoms with Crippen molar-refractivity contribution in [1.82, 2.24) is 10.3 Å². The Balaban J connectivity index is 1.80. The second-order valence-corrected chi connectivity index (χ2v) is 6.40. The minimum atomic E-state index is -2.33. The van der Waals surface area contributed by atoms with Crippen LogP contribution >= 0.6 is 0 Å². The van der Waals surface area contributed by atoms with E-state index < -0.39 is 47.3 Å². The Kier molecular flexibility index (Phi) is 6.52. The first-order valence-corrected chi connectivity index (χ1v) is 9.17. The molecule has 11 heteroatoms. The number of anilines is 1. The second kappa shape index (κ2) is 9.11. The first-order valence-electron chi connectivity index (χ1n) is 9.17. The highest BCUT2D eigenvalue weighted by atomic mass is 19.2. The number of carbonyl (C=O) groups is 1. The van der Waals surface area contributed by atoms with Crippen LogP contribution in [0.5, 0.6) is 5.75 Å². The third-order valence-electron chi connectivity index (χ3n) is 4.48. The molecular formula is C20H16F5N3O3. The molecule has 0 bridgehead atoms. The van der Waals surface area contributed by atoms with Crippen LogP contribution in [-0.4, -0.2) is 22.8 Å². The molecule has 6 nitrogen and oxygen atoms in total. The maximum absolute atomic E-state index is 13.7. The molecular weight excluding hydrogens is 425 g/mol. The van der Waals surface area contributed by atoms with Crippen LogP contribution in [0.3, 0.4) is 0 Å².